The van der Waals surface area contributed by atoms with E-state index in [1.807, 2.05) is 0 Å². The molecule has 88 valence electrons. The molecule has 0 bridgehead atoms. The van der Waals surface area contributed by atoms with Gasteiger partial charge in [-0.15, -0.1) is 0 Å². The molecule has 0 spiro atoms. The van der Waals surface area contributed by atoms with Crippen LogP contribution in [0.1, 0.15) is 40.5 Å². The van der Waals surface area contributed by atoms with Crippen LogP contribution in [0.3, 0.4) is 0 Å². The highest BCUT2D eigenvalue weighted by atomic mass is 16.5. The minimum absolute atomic E-state index is 0.0261. The monoisotopic (exact) mass is 213 g/mol. The summed E-state index contributed by atoms with van der Waals surface area (Å²) in [4.78, 5) is 2.39. The molecule has 1 unspecified atom stereocenters. The minimum Gasteiger partial charge on any atom is -0.392 e. The second-order valence-corrected chi connectivity index (χ2v) is 6.12. The van der Waals surface area contributed by atoms with Gasteiger partial charge in [-0.2, -0.15) is 0 Å². The van der Waals surface area contributed by atoms with E-state index < -0.39 is 0 Å². The van der Waals surface area contributed by atoms with Crippen LogP contribution in [0.5, 0.6) is 0 Å². The second-order valence-electron chi connectivity index (χ2n) is 6.12. The van der Waals surface area contributed by atoms with Gasteiger partial charge < -0.3 is 9.84 Å². The van der Waals surface area contributed by atoms with Gasteiger partial charge in [0.15, 0.2) is 0 Å². The highest BCUT2D eigenvalue weighted by molar-refractivity contribution is 5.01. The first-order valence-electron chi connectivity index (χ1n) is 5.92. The zero-order valence-corrected chi connectivity index (χ0v) is 10.3. The number of hydrogen-bond donors (Lipinski definition) is 1. The third-order valence-electron chi connectivity index (χ3n) is 3.66. The van der Waals surface area contributed by atoms with Crippen LogP contribution < -0.4 is 0 Å². The Hall–Kier alpha value is -0.120. The fourth-order valence-corrected chi connectivity index (χ4v) is 3.15. The highest BCUT2D eigenvalue weighted by Gasteiger charge is 2.49. The number of likely N-dealkylation sites (tertiary alicyclic amines) is 1. The average molecular weight is 213 g/mol. The Bertz CT molecular complexity index is 250. The van der Waals surface area contributed by atoms with Gasteiger partial charge in [0, 0.05) is 19.1 Å². The second kappa shape index (κ2) is 3.44. The molecule has 2 rings (SSSR count). The maximum absolute atomic E-state index is 9.58. The smallest absolute Gasteiger partial charge is 0.0789 e. The first-order valence-corrected chi connectivity index (χ1v) is 5.92. The summed E-state index contributed by atoms with van der Waals surface area (Å²) in [7, 11) is 0. The van der Waals surface area contributed by atoms with Crippen molar-refractivity contribution >= 4 is 0 Å². The first-order chi connectivity index (χ1) is 6.80. The van der Waals surface area contributed by atoms with E-state index in [0.29, 0.717) is 6.04 Å². The summed E-state index contributed by atoms with van der Waals surface area (Å²) in [5.41, 5.74) is -0.116. The summed E-state index contributed by atoms with van der Waals surface area (Å²) < 4.78 is 6.07. The van der Waals surface area contributed by atoms with Gasteiger partial charge in [-0.1, -0.05) is 0 Å². The Kier molecular flexibility index (Phi) is 2.61. The van der Waals surface area contributed by atoms with Crippen molar-refractivity contribution in [1.29, 1.82) is 0 Å². The molecule has 15 heavy (non-hydrogen) atoms. The van der Waals surface area contributed by atoms with Crippen molar-refractivity contribution in [2.75, 3.05) is 13.1 Å². The zero-order chi connectivity index (χ0) is 11.3. The summed E-state index contributed by atoms with van der Waals surface area (Å²) in [5, 5.41) is 9.58. The van der Waals surface area contributed by atoms with Gasteiger partial charge in [0.25, 0.3) is 0 Å². The number of rotatable bonds is 1. The lowest BCUT2D eigenvalue weighted by Gasteiger charge is -2.33. The van der Waals surface area contributed by atoms with Crippen molar-refractivity contribution in [1.82, 2.24) is 4.90 Å². The van der Waals surface area contributed by atoms with E-state index >= 15 is 0 Å². The number of nitrogens with zero attached hydrogens (tertiary/aromatic N) is 1. The predicted octanol–water partition coefficient (Wildman–Crippen LogP) is 1.40. The van der Waals surface area contributed by atoms with Crippen molar-refractivity contribution in [2.24, 2.45) is 0 Å². The summed E-state index contributed by atoms with van der Waals surface area (Å²) in [5.74, 6) is 0. The van der Waals surface area contributed by atoms with Crippen LogP contribution in [0, 0.1) is 0 Å². The molecule has 2 aliphatic rings. The number of β-amino-alcohol motifs (C(OH)–C–C–N with tert-alkyl or cyclic N) is 1. The Morgan fingerprint density at radius 3 is 2.33 bits per heavy atom. The van der Waals surface area contributed by atoms with Crippen molar-refractivity contribution < 1.29 is 9.84 Å². The van der Waals surface area contributed by atoms with E-state index in [1.54, 1.807) is 0 Å². The fourth-order valence-electron chi connectivity index (χ4n) is 3.15. The molecule has 2 fully saturated rings. The minimum atomic E-state index is -0.135. The van der Waals surface area contributed by atoms with Gasteiger partial charge >= 0.3 is 0 Å². The lowest BCUT2D eigenvalue weighted by atomic mass is 9.93. The Morgan fingerprint density at radius 2 is 1.93 bits per heavy atom. The highest BCUT2D eigenvalue weighted by Crippen LogP contribution is 2.41. The van der Waals surface area contributed by atoms with E-state index in [4.69, 9.17) is 4.74 Å². The van der Waals surface area contributed by atoms with Gasteiger partial charge in [0.1, 0.15) is 0 Å². The van der Waals surface area contributed by atoms with E-state index in [9.17, 15) is 5.11 Å². The molecule has 0 amide bonds. The topological polar surface area (TPSA) is 32.7 Å². The molecule has 2 aliphatic heterocycles. The predicted molar refractivity (Wildman–Crippen MR) is 59.8 cm³/mol. The van der Waals surface area contributed by atoms with Crippen LogP contribution >= 0.6 is 0 Å². The SMILES string of the molecule is CC1(C)CC(N2CC[C@@H](O)C2)C(C)(C)O1. The normalized spacial score (nSPS) is 39.8. The van der Waals surface area contributed by atoms with Gasteiger partial charge in [0.05, 0.1) is 17.3 Å². The molecule has 0 aliphatic carbocycles. The van der Waals surface area contributed by atoms with Crippen LogP contribution in [0.25, 0.3) is 0 Å². The van der Waals surface area contributed by atoms with E-state index in [0.717, 1.165) is 25.9 Å². The molecular weight excluding hydrogens is 190 g/mol. The van der Waals surface area contributed by atoms with Crippen molar-refractivity contribution in [2.45, 2.75) is 63.9 Å². The molecule has 0 aromatic rings. The number of aliphatic hydroxyl groups is 1. The van der Waals surface area contributed by atoms with Crippen molar-refractivity contribution in [3.63, 3.8) is 0 Å². The van der Waals surface area contributed by atoms with Gasteiger partial charge in [-0.05, 0) is 40.5 Å². The van der Waals surface area contributed by atoms with Gasteiger partial charge in [-0.3, -0.25) is 4.90 Å². The van der Waals surface area contributed by atoms with Crippen molar-refractivity contribution in [3.05, 3.63) is 0 Å². The Balaban J connectivity index is 2.09. The molecule has 2 atom stereocenters. The van der Waals surface area contributed by atoms with Crippen LogP contribution in [0.2, 0.25) is 0 Å². The molecular formula is C12H23NO2. The molecule has 3 nitrogen and oxygen atoms in total. The number of ether oxygens (including phenoxy) is 1. The third kappa shape index (κ3) is 2.19. The zero-order valence-electron chi connectivity index (χ0n) is 10.3. The Morgan fingerprint density at radius 1 is 1.27 bits per heavy atom. The maximum atomic E-state index is 9.58. The molecule has 2 heterocycles. The quantitative estimate of drug-likeness (QED) is 0.714. The Labute approximate surface area is 92.4 Å². The van der Waals surface area contributed by atoms with Gasteiger partial charge in [0.2, 0.25) is 0 Å². The fraction of sp³-hybridized carbons (Fsp3) is 1.00. The third-order valence-corrected chi connectivity index (χ3v) is 3.66. The molecule has 3 heteroatoms. The summed E-state index contributed by atoms with van der Waals surface area (Å²) in [6, 6.07) is 0.449. The van der Waals surface area contributed by atoms with Crippen LogP contribution in [-0.2, 0) is 4.74 Å². The lowest BCUT2D eigenvalue weighted by Crippen LogP contribution is -2.45. The van der Waals surface area contributed by atoms with Crippen LogP contribution in [-0.4, -0.2) is 46.4 Å². The summed E-state index contributed by atoms with van der Waals surface area (Å²) >= 11 is 0. The first kappa shape index (κ1) is 11.4. The van der Waals surface area contributed by atoms with E-state index in [2.05, 4.69) is 32.6 Å². The standard InChI is InChI=1S/C12H23NO2/c1-11(2)7-10(12(3,4)15-11)13-6-5-9(14)8-13/h9-10,14H,5-8H2,1-4H3/t9-,10?/m1/s1. The number of hydrogen-bond acceptors (Lipinski definition) is 3. The van der Waals surface area contributed by atoms with E-state index in [-0.39, 0.29) is 17.3 Å². The molecule has 0 aromatic carbocycles. The molecule has 0 aromatic heterocycles. The molecule has 0 radical (unpaired) electrons. The maximum Gasteiger partial charge on any atom is 0.0789 e. The van der Waals surface area contributed by atoms with Crippen molar-refractivity contribution in [3.8, 4) is 0 Å². The molecule has 0 saturated carbocycles. The average Bonchev–Trinajstić information content (AvgIpc) is 2.52. The van der Waals surface area contributed by atoms with Crippen LogP contribution in [0.4, 0.5) is 0 Å². The molecule has 2 saturated heterocycles. The largest absolute Gasteiger partial charge is 0.392 e. The van der Waals surface area contributed by atoms with E-state index in [1.165, 1.54) is 0 Å². The number of aliphatic hydroxyl groups excluding tert-OH is 1. The summed E-state index contributed by atoms with van der Waals surface area (Å²) in [6.45, 7) is 10.5. The van der Waals surface area contributed by atoms with Gasteiger partial charge in [-0.25, -0.2) is 0 Å². The molecule has 1 N–H and O–H groups in total. The van der Waals surface area contributed by atoms with Crippen LogP contribution in [0.15, 0.2) is 0 Å². The lowest BCUT2D eigenvalue weighted by molar-refractivity contribution is -0.0793. The summed E-state index contributed by atoms with van der Waals surface area (Å²) in [6.07, 6.45) is 1.84.